The summed E-state index contributed by atoms with van der Waals surface area (Å²) in [5, 5.41) is 6.19. The van der Waals surface area contributed by atoms with E-state index in [1.165, 1.54) is 24.8 Å². The van der Waals surface area contributed by atoms with E-state index in [0.29, 0.717) is 39.1 Å². The van der Waals surface area contributed by atoms with Crippen molar-refractivity contribution in [1.82, 2.24) is 20.4 Å². The van der Waals surface area contributed by atoms with E-state index in [9.17, 15) is 14.4 Å². The number of benzene rings is 2. The van der Waals surface area contributed by atoms with Crippen molar-refractivity contribution in [2.24, 2.45) is 0 Å². The van der Waals surface area contributed by atoms with Gasteiger partial charge in [0.2, 0.25) is 5.91 Å². The third-order valence-corrected chi connectivity index (χ3v) is 8.31. The number of carbonyl (C=O) groups is 3. The zero-order valence-electron chi connectivity index (χ0n) is 22.1. The van der Waals surface area contributed by atoms with Gasteiger partial charge in [-0.3, -0.25) is 9.59 Å². The lowest BCUT2D eigenvalue weighted by Crippen LogP contribution is -2.59. The molecule has 38 heavy (non-hydrogen) atoms. The second-order valence-corrected chi connectivity index (χ2v) is 10.8. The third kappa shape index (κ3) is 5.79. The second-order valence-electron chi connectivity index (χ2n) is 10.8. The van der Waals surface area contributed by atoms with Crippen LogP contribution < -0.4 is 15.5 Å². The zero-order chi connectivity index (χ0) is 26.4. The van der Waals surface area contributed by atoms with Crippen molar-refractivity contribution >= 4 is 23.5 Å². The standard InChI is InChI=1S/C30H39N5O3/c36-27(31-19-16-24-10-4-1-5-11-24)22-34-23-35(26-14-8-3-9-15-26)30(28(34)37)17-20-33(21-18-30)29(38)32-25-12-6-2-7-13-25/h1,3-5,8-11,14-15,25H,2,6-7,12-13,16-23H2,(H,31,36)(H,32,38). The summed E-state index contributed by atoms with van der Waals surface area (Å²) < 4.78 is 0. The van der Waals surface area contributed by atoms with Crippen LogP contribution in [-0.2, 0) is 16.0 Å². The van der Waals surface area contributed by atoms with Gasteiger partial charge < -0.3 is 25.3 Å². The molecule has 3 aliphatic rings. The Labute approximate surface area is 225 Å². The minimum absolute atomic E-state index is 0.0156. The predicted octanol–water partition coefficient (Wildman–Crippen LogP) is 3.53. The Bertz CT molecular complexity index is 1100. The Hall–Kier alpha value is -3.55. The number of carbonyl (C=O) groups excluding carboxylic acids is 3. The highest BCUT2D eigenvalue weighted by atomic mass is 16.2. The lowest BCUT2D eigenvalue weighted by atomic mass is 9.85. The van der Waals surface area contributed by atoms with Gasteiger partial charge in [0.25, 0.3) is 5.91 Å². The molecular weight excluding hydrogens is 478 g/mol. The summed E-state index contributed by atoms with van der Waals surface area (Å²) in [7, 11) is 0. The molecule has 2 saturated heterocycles. The summed E-state index contributed by atoms with van der Waals surface area (Å²) in [4.78, 5) is 45.3. The van der Waals surface area contributed by atoms with Gasteiger partial charge in [-0.05, 0) is 49.8 Å². The van der Waals surface area contributed by atoms with Gasteiger partial charge in [0.05, 0.1) is 6.67 Å². The number of amides is 4. The molecule has 0 unspecified atom stereocenters. The number of anilines is 1. The SMILES string of the molecule is O=C(CN1CN(c2ccccc2)C2(CCN(C(=O)NC3CCCCC3)CC2)C1=O)NCCc1ccccc1. The maximum Gasteiger partial charge on any atom is 0.317 e. The minimum atomic E-state index is -0.743. The van der Waals surface area contributed by atoms with E-state index in [1.807, 2.05) is 65.6 Å². The molecule has 202 valence electrons. The maximum atomic E-state index is 13.9. The van der Waals surface area contributed by atoms with Crippen LogP contribution in [0, 0.1) is 0 Å². The number of nitrogens with one attached hydrogen (secondary N) is 2. The average molecular weight is 518 g/mol. The van der Waals surface area contributed by atoms with Gasteiger partial charge in [0.1, 0.15) is 12.1 Å². The fourth-order valence-electron chi connectivity index (χ4n) is 6.14. The van der Waals surface area contributed by atoms with Gasteiger partial charge in [0.15, 0.2) is 0 Å². The molecule has 0 atom stereocenters. The van der Waals surface area contributed by atoms with Crippen molar-refractivity contribution in [2.75, 3.05) is 37.7 Å². The molecule has 1 aliphatic carbocycles. The Morgan fingerprint density at radius 3 is 2.24 bits per heavy atom. The first-order chi connectivity index (χ1) is 18.5. The molecule has 2 aromatic carbocycles. The molecular formula is C30H39N5O3. The van der Waals surface area contributed by atoms with Crippen molar-refractivity contribution in [2.45, 2.75) is 62.9 Å². The van der Waals surface area contributed by atoms with Crippen molar-refractivity contribution in [3.05, 3.63) is 66.2 Å². The van der Waals surface area contributed by atoms with Gasteiger partial charge in [-0.15, -0.1) is 0 Å². The molecule has 1 saturated carbocycles. The minimum Gasteiger partial charge on any atom is -0.354 e. The number of urea groups is 1. The van der Waals surface area contributed by atoms with Crippen LogP contribution in [0.15, 0.2) is 60.7 Å². The number of piperidine rings is 1. The molecule has 8 nitrogen and oxygen atoms in total. The summed E-state index contributed by atoms with van der Waals surface area (Å²) in [6, 6.07) is 20.2. The Kier molecular flexibility index (Phi) is 8.15. The largest absolute Gasteiger partial charge is 0.354 e. The lowest BCUT2D eigenvalue weighted by molar-refractivity contribution is -0.137. The number of para-hydroxylation sites is 1. The van der Waals surface area contributed by atoms with Crippen LogP contribution in [-0.4, -0.2) is 72.1 Å². The molecule has 2 N–H and O–H groups in total. The summed E-state index contributed by atoms with van der Waals surface area (Å²) in [6.45, 7) is 1.97. The molecule has 8 heteroatoms. The van der Waals surface area contributed by atoms with Crippen LogP contribution in [0.5, 0.6) is 0 Å². The highest BCUT2D eigenvalue weighted by Crippen LogP contribution is 2.39. The molecule has 0 bridgehead atoms. The summed E-state index contributed by atoms with van der Waals surface area (Å²) in [6.07, 6.45) is 7.53. The highest BCUT2D eigenvalue weighted by Gasteiger charge is 2.54. The van der Waals surface area contributed by atoms with Gasteiger partial charge >= 0.3 is 6.03 Å². The molecule has 3 fully saturated rings. The molecule has 0 aromatic heterocycles. The predicted molar refractivity (Wildman–Crippen MR) is 148 cm³/mol. The second kappa shape index (κ2) is 11.9. The fourth-order valence-corrected chi connectivity index (χ4v) is 6.14. The van der Waals surface area contributed by atoms with E-state index in [-0.39, 0.29) is 30.4 Å². The van der Waals surface area contributed by atoms with Crippen LogP contribution in [0.25, 0.3) is 0 Å². The van der Waals surface area contributed by atoms with Crippen LogP contribution in [0.2, 0.25) is 0 Å². The maximum absolute atomic E-state index is 13.9. The number of nitrogens with zero attached hydrogens (tertiary/aromatic N) is 3. The van der Waals surface area contributed by atoms with E-state index in [0.717, 1.165) is 24.9 Å². The molecule has 2 aliphatic heterocycles. The Balaban J connectivity index is 1.22. The van der Waals surface area contributed by atoms with Gasteiger partial charge in [-0.25, -0.2) is 4.79 Å². The van der Waals surface area contributed by atoms with Crippen LogP contribution in [0.4, 0.5) is 10.5 Å². The van der Waals surface area contributed by atoms with Crippen molar-refractivity contribution in [3.8, 4) is 0 Å². The van der Waals surface area contributed by atoms with E-state index in [4.69, 9.17) is 0 Å². The molecule has 2 heterocycles. The molecule has 5 rings (SSSR count). The Morgan fingerprint density at radius 2 is 1.55 bits per heavy atom. The molecule has 0 radical (unpaired) electrons. The topological polar surface area (TPSA) is 85.0 Å². The summed E-state index contributed by atoms with van der Waals surface area (Å²) in [5.41, 5.74) is 1.39. The lowest BCUT2D eigenvalue weighted by Gasteiger charge is -2.43. The van der Waals surface area contributed by atoms with E-state index in [2.05, 4.69) is 15.5 Å². The van der Waals surface area contributed by atoms with E-state index in [1.54, 1.807) is 4.90 Å². The highest BCUT2D eigenvalue weighted by molar-refractivity contribution is 5.96. The van der Waals surface area contributed by atoms with Crippen LogP contribution in [0.3, 0.4) is 0 Å². The van der Waals surface area contributed by atoms with Crippen molar-refractivity contribution < 1.29 is 14.4 Å². The molecule has 2 aromatic rings. The zero-order valence-corrected chi connectivity index (χ0v) is 22.1. The van der Waals surface area contributed by atoms with Crippen molar-refractivity contribution in [3.63, 3.8) is 0 Å². The molecule has 4 amide bonds. The first-order valence-electron chi connectivity index (χ1n) is 14.0. The van der Waals surface area contributed by atoms with E-state index < -0.39 is 5.54 Å². The monoisotopic (exact) mass is 517 g/mol. The van der Waals surface area contributed by atoms with Gasteiger partial charge in [-0.1, -0.05) is 67.8 Å². The summed E-state index contributed by atoms with van der Waals surface area (Å²) in [5.74, 6) is -0.171. The number of rotatable bonds is 7. The number of hydrogen-bond acceptors (Lipinski definition) is 4. The first-order valence-corrected chi connectivity index (χ1v) is 14.0. The van der Waals surface area contributed by atoms with E-state index >= 15 is 0 Å². The fraction of sp³-hybridized carbons (Fsp3) is 0.500. The quantitative estimate of drug-likeness (QED) is 0.589. The summed E-state index contributed by atoms with van der Waals surface area (Å²) >= 11 is 0. The van der Waals surface area contributed by atoms with Crippen LogP contribution in [0.1, 0.15) is 50.5 Å². The van der Waals surface area contributed by atoms with Crippen LogP contribution >= 0.6 is 0 Å². The number of hydrogen-bond donors (Lipinski definition) is 2. The third-order valence-electron chi connectivity index (χ3n) is 8.31. The number of likely N-dealkylation sites (tertiary alicyclic amines) is 1. The normalized spacial score (nSPS) is 19.6. The average Bonchev–Trinajstić information content (AvgIpc) is 3.21. The molecule has 1 spiro atoms. The van der Waals surface area contributed by atoms with Gasteiger partial charge in [0, 0.05) is 31.4 Å². The van der Waals surface area contributed by atoms with Gasteiger partial charge in [-0.2, -0.15) is 0 Å². The Morgan fingerprint density at radius 1 is 0.895 bits per heavy atom. The smallest absolute Gasteiger partial charge is 0.317 e. The first kappa shape index (κ1) is 26.1. The van der Waals surface area contributed by atoms with Crippen molar-refractivity contribution in [1.29, 1.82) is 0 Å².